The van der Waals surface area contributed by atoms with Crippen LogP contribution < -0.4 is 20.1 Å². The van der Waals surface area contributed by atoms with E-state index in [0.29, 0.717) is 6.79 Å². The summed E-state index contributed by atoms with van der Waals surface area (Å²) >= 11 is 0. The Morgan fingerprint density at radius 2 is 1.96 bits per heavy atom. The maximum atomic E-state index is 5.41. The molecule has 1 aromatic heterocycles. The van der Waals surface area contributed by atoms with E-state index in [1.54, 1.807) is 7.05 Å². The summed E-state index contributed by atoms with van der Waals surface area (Å²) in [5.41, 5.74) is 3.48. The van der Waals surface area contributed by atoms with Crippen molar-refractivity contribution in [1.82, 2.24) is 20.4 Å². The third-order valence-electron chi connectivity index (χ3n) is 4.31. The van der Waals surface area contributed by atoms with E-state index in [2.05, 4.69) is 39.8 Å². The third kappa shape index (κ3) is 4.68. The van der Waals surface area contributed by atoms with Crippen LogP contribution in [-0.4, -0.2) is 42.7 Å². The number of aromatic nitrogens is 2. The van der Waals surface area contributed by atoms with E-state index < -0.39 is 0 Å². The molecule has 2 aromatic rings. The second-order valence-corrected chi connectivity index (χ2v) is 6.37. The van der Waals surface area contributed by atoms with Gasteiger partial charge >= 0.3 is 0 Å². The van der Waals surface area contributed by atoms with Crippen LogP contribution in [0.15, 0.2) is 29.3 Å². The molecule has 0 bridgehead atoms. The monoisotopic (exact) mass is 357 g/mol. The van der Waals surface area contributed by atoms with Crippen LogP contribution in [0.5, 0.6) is 11.5 Å². The zero-order valence-corrected chi connectivity index (χ0v) is 15.7. The highest BCUT2D eigenvalue weighted by atomic mass is 16.7. The quantitative estimate of drug-likeness (QED) is 0.451. The fourth-order valence-electron chi connectivity index (χ4n) is 2.98. The standard InChI is InChI=1S/C19H27N5O2/c1-14-11-15(2)24(23-14)10-4-8-21-19(20-3)22-9-7-16-5-6-17-18(12-16)26-13-25-17/h5-6,11-12H,4,7-10,13H2,1-3H3,(H2,20,21,22). The molecule has 0 saturated carbocycles. The lowest BCUT2D eigenvalue weighted by atomic mass is 10.1. The Morgan fingerprint density at radius 3 is 2.73 bits per heavy atom. The minimum Gasteiger partial charge on any atom is -0.454 e. The molecule has 0 radical (unpaired) electrons. The van der Waals surface area contributed by atoms with Crippen LogP contribution >= 0.6 is 0 Å². The largest absolute Gasteiger partial charge is 0.454 e. The van der Waals surface area contributed by atoms with E-state index >= 15 is 0 Å². The lowest BCUT2D eigenvalue weighted by Gasteiger charge is -2.12. The molecule has 7 heteroatoms. The number of aliphatic imine (C=N–C) groups is 1. The Morgan fingerprint density at radius 1 is 1.15 bits per heavy atom. The summed E-state index contributed by atoms with van der Waals surface area (Å²) in [7, 11) is 1.79. The number of fused-ring (bicyclic) bond motifs is 1. The summed E-state index contributed by atoms with van der Waals surface area (Å²) < 4.78 is 12.8. The number of aryl methyl sites for hydroxylation is 3. The summed E-state index contributed by atoms with van der Waals surface area (Å²) in [4.78, 5) is 4.27. The van der Waals surface area contributed by atoms with Gasteiger partial charge in [0.2, 0.25) is 6.79 Å². The second-order valence-electron chi connectivity index (χ2n) is 6.37. The number of nitrogens with zero attached hydrogens (tertiary/aromatic N) is 3. The van der Waals surface area contributed by atoms with Gasteiger partial charge in [0.05, 0.1) is 5.69 Å². The number of hydrogen-bond acceptors (Lipinski definition) is 4. The van der Waals surface area contributed by atoms with Crippen molar-refractivity contribution in [3.8, 4) is 11.5 Å². The average Bonchev–Trinajstić information content (AvgIpc) is 3.22. The molecule has 0 saturated heterocycles. The summed E-state index contributed by atoms with van der Waals surface area (Å²) in [5, 5.41) is 11.2. The molecule has 0 fully saturated rings. The highest BCUT2D eigenvalue weighted by molar-refractivity contribution is 5.79. The first-order valence-corrected chi connectivity index (χ1v) is 9.00. The Bertz CT molecular complexity index is 769. The van der Waals surface area contributed by atoms with Crippen molar-refractivity contribution in [2.45, 2.75) is 33.2 Å². The van der Waals surface area contributed by atoms with Gasteiger partial charge in [0.25, 0.3) is 0 Å². The molecule has 3 rings (SSSR count). The van der Waals surface area contributed by atoms with E-state index in [1.165, 1.54) is 11.3 Å². The lowest BCUT2D eigenvalue weighted by molar-refractivity contribution is 0.174. The number of guanidine groups is 1. The number of benzene rings is 1. The van der Waals surface area contributed by atoms with Gasteiger partial charge in [-0.05, 0) is 50.5 Å². The molecule has 1 aliphatic heterocycles. The van der Waals surface area contributed by atoms with Gasteiger partial charge in [0.15, 0.2) is 17.5 Å². The van der Waals surface area contributed by atoms with Crippen molar-refractivity contribution in [3.05, 3.63) is 41.2 Å². The predicted octanol–water partition coefficient (Wildman–Crippen LogP) is 2.03. The minimum absolute atomic E-state index is 0.311. The normalized spacial score (nSPS) is 13.1. The van der Waals surface area contributed by atoms with Crippen LogP contribution in [0.4, 0.5) is 0 Å². The molecular formula is C19H27N5O2. The topological polar surface area (TPSA) is 72.7 Å². The summed E-state index contributed by atoms with van der Waals surface area (Å²) in [6, 6.07) is 8.17. The van der Waals surface area contributed by atoms with Gasteiger partial charge in [-0.3, -0.25) is 9.67 Å². The Balaban J connectivity index is 1.36. The summed E-state index contributed by atoms with van der Waals surface area (Å²) in [5.74, 6) is 2.47. The summed E-state index contributed by atoms with van der Waals surface area (Å²) in [6.45, 7) is 6.97. The van der Waals surface area contributed by atoms with E-state index in [4.69, 9.17) is 9.47 Å². The van der Waals surface area contributed by atoms with Gasteiger partial charge in [-0.1, -0.05) is 6.07 Å². The molecule has 26 heavy (non-hydrogen) atoms. The van der Waals surface area contributed by atoms with Gasteiger partial charge in [-0.2, -0.15) is 5.10 Å². The van der Waals surface area contributed by atoms with Crippen LogP contribution in [0.2, 0.25) is 0 Å². The molecule has 0 unspecified atom stereocenters. The number of nitrogens with one attached hydrogen (secondary N) is 2. The van der Waals surface area contributed by atoms with Crippen LogP contribution in [0.3, 0.4) is 0 Å². The zero-order chi connectivity index (χ0) is 18.4. The first kappa shape index (κ1) is 18.1. The molecular weight excluding hydrogens is 330 g/mol. The fraction of sp³-hybridized carbons (Fsp3) is 0.474. The summed E-state index contributed by atoms with van der Waals surface area (Å²) in [6.07, 6.45) is 1.88. The molecule has 140 valence electrons. The molecule has 1 aromatic carbocycles. The lowest BCUT2D eigenvalue weighted by Crippen LogP contribution is -2.39. The Kier molecular flexibility index (Phi) is 5.99. The highest BCUT2D eigenvalue weighted by Gasteiger charge is 2.12. The smallest absolute Gasteiger partial charge is 0.231 e. The van der Waals surface area contributed by atoms with E-state index in [-0.39, 0.29) is 0 Å². The van der Waals surface area contributed by atoms with Crippen LogP contribution in [0.25, 0.3) is 0 Å². The fourth-order valence-corrected chi connectivity index (χ4v) is 2.98. The van der Waals surface area contributed by atoms with Gasteiger partial charge < -0.3 is 20.1 Å². The van der Waals surface area contributed by atoms with Gasteiger partial charge in [-0.15, -0.1) is 0 Å². The second kappa shape index (κ2) is 8.60. The number of hydrogen-bond donors (Lipinski definition) is 2. The van der Waals surface area contributed by atoms with Crippen LogP contribution in [0.1, 0.15) is 23.4 Å². The Hall–Kier alpha value is -2.70. The minimum atomic E-state index is 0.311. The predicted molar refractivity (Wildman–Crippen MR) is 102 cm³/mol. The molecule has 0 amide bonds. The van der Waals surface area contributed by atoms with Crippen molar-refractivity contribution in [2.24, 2.45) is 4.99 Å². The van der Waals surface area contributed by atoms with Gasteiger partial charge in [0.1, 0.15) is 0 Å². The first-order chi connectivity index (χ1) is 12.7. The molecule has 0 spiro atoms. The van der Waals surface area contributed by atoms with E-state index in [1.807, 2.05) is 23.7 Å². The molecule has 2 N–H and O–H groups in total. The SMILES string of the molecule is CN=C(NCCCn1nc(C)cc1C)NCCc1ccc2c(c1)OCO2. The maximum absolute atomic E-state index is 5.41. The van der Waals surface area contributed by atoms with Gasteiger partial charge in [0, 0.05) is 32.4 Å². The van der Waals surface area contributed by atoms with Crippen LogP contribution in [-0.2, 0) is 13.0 Å². The van der Waals surface area contributed by atoms with E-state index in [0.717, 1.165) is 55.6 Å². The van der Waals surface area contributed by atoms with E-state index in [9.17, 15) is 0 Å². The molecule has 1 aliphatic rings. The van der Waals surface area contributed by atoms with Crippen LogP contribution in [0, 0.1) is 13.8 Å². The maximum Gasteiger partial charge on any atom is 0.231 e. The Labute approximate surface area is 154 Å². The van der Waals surface area contributed by atoms with Crippen molar-refractivity contribution in [2.75, 3.05) is 26.9 Å². The van der Waals surface area contributed by atoms with Crippen molar-refractivity contribution < 1.29 is 9.47 Å². The van der Waals surface area contributed by atoms with Crippen molar-refractivity contribution in [1.29, 1.82) is 0 Å². The van der Waals surface area contributed by atoms with Crippen molar-refractivity contribution >= 4 is 5.96 Å². The first-order valence-electron chi connectivity index (χ1n) is 9.00. The molecule has 2 heterocycles. The van der Waals surface area contributed by atoms with Crippen molar-refractivity contribution in [3.63, 3.8) is 0 Å². The zero-order valence-electron chi connectivity index (χ0n) is 15.7. The number of rotatable bonds is 7. The average molecular weight is 357 g/mol. The molecule has 0 aliphatic carbocycles. The van der Waals surface area contributed by atoms with Gasteiger partial charge in [-0.25, -0.2) is 0 Å². The number of ether oxygens (including phenoxy) is 2. The molecule has 0 atom stereocenters. The molecule has 7 nitrogen and oxygen atoms in total. The third-order valence-corrected chi connectivity index (χ3v) is 4.31. The highest BCUT2D eigenvalue weighted by Crippen LogP contribution is 2.32.